The van der Waals surface area contributed by atoms with E-state index in [0.717, 1.165) is 16.0 Å². The average molecular weight is 371 g/mol. The Morgan fingerprint density at radius 3 is 2.48 bits per heavy atom. The van der Waals surface area contributed by atoms with E-state index in [4.69, 9.17) is 9.47 Å². The Hall–Kier alpha value is -3.44. The number of cyclic esters (lactones) is 1. The minimum Gasteiger partial charge on any atom is -0.455 e. The molecule has 0 fully saturated rings. The predicted molar refractivity (Wildman–Crippen MR) is 105 cm³/mol. The van der Waals surface area contributed by atoms with Gasteiger partial charge in [0.2, 0.25) is 5.90 Å². The van der Waals surface area contributed by atoms with Crippen LogP contribution < -0.4 is 4.74 Å². The molecule has 5 rings (SSSR count). The van der Waals surface area contributed by atoms with E-state index in [1.54, 1.807) is 11.3 Å². The molecule has 130 valence electrons. The van der Waals surface area contributed by atoms with Crippen LogP contribution in [-0.4, -0.2) is 11.9 Å². The third kappa shape index (κ3) is 2.78. The van der Waals surface area contributed by atoms with Crippen molar-refractivity contribution in [2.75, 3.05) is 0 Å². The summed E-state index contributed by atoms with van der Waals surface area (Å²) in [5, 5.41) is 1.99. The second-order valence-corrected chi connectivity index (χ2v) is 6.97. The third-order valence-electron chi connectivity index (χ3n) is 4.31. The van der Waals surface area contributed by atoms with Gasteiger partial charge in [-0.2, -0.15) is 0 Å². The van der Waals surface area contributed by atoms with Gasteiger partial charge in [0.1, 0.15) is 11.5 Å². The number of nitrogens with zero attached hydrogens (tertiary/aromatic N) is 1. The lowest BCUT2D eigenvalue weighted by Gasteiger charge is -2.19. The molecule has 0 saturated heterocycles. The maximum Gasteiger partial charge on any atom is 0.364 e. The van der Waals surface area contributed by atoms with Gasteiger partial charge in [-0.15, -0.1) is 11.3 Å². The number of rotatable bonds is 2. The van der Waals surface area contributed by atoms with Crippen molar-refractivity contribution in [3.8, 4) is 5.75 Å². The van der Waals surface area contributed by atoms with E-state index in [-0.39, 0.29) is 0 Å². The topological polar surface area (TPSA) is 47.9 Å². The van der Waals surface area contributed by atoms with Gasteiger partial charge in [0.15, 0.2) is 5.70 Å². The van der Waals surface area contributed by atoms with Crippen molar-refractivity contribution in [3.63, 3.8) is 0 Å². The van der Waals surface area contributed by atoms with Crippen LogP contribution in [0.3, 0.4) is 0 Å². The summed E-state index contributed by atoms with van der Waals surface area (Å²) in [5.74, 6) is 1.25. The molecule has 0 amide bonds. The van der Waals surface area contributed by atoms with E-state index in [9.17, 15) is 4.79 Å². The van der Waals surface area contributed by atoms with Crippen molar-refractivity contribution in [1.29, 1.82) is 0 Å². The number of para-hydroxylation sites is 1. The Kier molecular flexibility index (Phi) is 3.73. The number of hydrogen-bond acceptors (Lipinski definition) is 5. The number of ether oxygens (including phenoxy) is 2. The summed E-state index contributed by atoms with van der Waals surface area (Å²) in [6.45, 7) is 0. The highest BCUT2D eigenvalue weighted by atomic mass is 32.1. The molecule has 0 atom stereocenters. The lowest BCUT2D eigenvalue weighted by atomic mass is 9.99. The fourth-order valence-electron chi connectivity index (χ4n) is 3.05. The Balaban J connectivity index is 1.69. The summed E-state index contributed by atoms with van der Waals surface area (Å²) in [5.41, 5.74) is 2.59. The number of aliphatic imine (C=N–C) groups is 1. The zero-order chi connectivity index (χ0) is 18.2. The van der Waals surface area contributed by atoms with Crippen LogP contribution in [0.5, 0.6) is 5.75 Å². The standard InChI is InChI=1S/C22H13NO3S/c24-22-20(23-21(26-22)14-7-2-1-3-8-14)16-13-18(19-11-6-12-27-19)25-17-10-5-4-9-15(16)17/h1-13H/b20-16-. The highest BCUT2D eigenvalue weighted by molar-refractivity contribution is 7.11. The number of carbonyl (C=O) groups excluding carboxylic acids is 1. The molecule has 0 aliphatic carbocycles. The summed E-state index contributed by atoms with van der Waals surface area (Å²) < 4.78 is 11.5. The number of benzene rings is 2. The summed E-state index contributed by atoms with van der Waals surface area (Å²) >= 11 is 1.58. The smallest absolute Gasteiger partial charge is 0.364 e. The quantitative estimate of drug-likeness (QED) is 0.476. The minimum absolute atomic E-state index is 0.290. The van der Waals surface area contributed by atoms with Crippen molar-refractivity contribution >= 4 is 34.5 Å². The summed E-state index contributed by atoms with van der Waals surface area (Å²) in [7, 11) is 0. The first-order valence-electron chi connectivity index (χ1n) is 8.43. The van der Waals surface area contributed by atoms with Gasteiger partial charge < -0.3 is 9.47 Å². The molecule has 0 spiro atoms. The van der Waals surface area contributed by atoms with Gasteiger partial charge in [-0.25, -0.2) is 9.79 Å². The van der Waals surface area contributed by atoms with Crippen molar-refractivity contribution in [3.05, 3.63) is 99.9 Å². The first kappa shape index (κ1) is 15.8. The van der Waals surface area contributed by atoms with Crippen LogP contribution in [0.25, 0.3) is 11.3 Å². The molecule has 0 radical (unpaired) electrons. The Morgan fingerprint density at radius 1 is 0.852 bits per heavy atom. The fourth-order valence-corrected chi connectivity index (χ4v) is 3.73. The van der Waals surface area contributed by atoms with Crippen molar-refractivity contribution in [2.45, 2.75) is 0 Å². The molecule has 2 aliphatic heterocycles. The van der Waals surface area contributed by atoms with Gasteiger partial charge in [-0.1, -0.05) is 42.5 Å². The fraction of sp³-hybridized carbons (Fsp3) is 0. The lowest BCUT2D eigenvalue weighted by Crippen LogP contribution is -2.08. The van der Waals surface area contributed by atoms with E-state index in [0.29, 0.717) is 28.7 Å². The van der Waals surface area contributed by atoms with Crippen LogP contribution in [0.15, 0.2) is 88.9 Å². The zero-order valence-electron chi connectivity index (χ0n) is 14.1. The number of carbonyl (C=O) groups is 1. The lowest BCUT2D eigenvalue weighted by molar-refractivity contribution is -0.129. The molecule has 0 N–H and O–H groups in total. The Labute approximate surface area is 159 Å². The Bertz CT molecular complexity index is 1130. The molecule has 3 heterocycles. The van der Waals surface area contributed by atoms with Gasteiger partial charge in [-0.05, 0) is 35.7 Å². The molecule has 0 bridgehead atoms. The van der Waals surface area contributed by atoms with Crippen molar-refractivity contribution < 1.29 is 14.3 Å². The number of esters is 1. The second-order valence-electron chi connectivity index (χ2n) is 6.02. The Morgan fingerprint density at radius 2 is 1.67 bits per heavy atom. The van der Waals surface area contributed by atoms with E-state index >= 15 is 0 Å². The van der Waals surface area contributed by atoms with Crippen LogP contribution in [-0.2, 0) is 9.53 Å². The molecule has 1 aromatic heterocycles. The molecule has 27 heavy (non-hydrogen) atoms. The summed E-state index contributed by atoms with van der Waals surface area (Å²) in [6, 6.07) is 21.0. The van der Waals surface area contributed by atoms with E-state index in [1.165, 1.54) is 0 Å². The average Bonchev–Trinajstić information content (AvgIpc) is 3.38. The predicted octanol–water partition coefficient (Wildman–Crippen LogP) is 4.90. The first-order chi connectivity index (χ1) is 13.3. The third-order valence-corrected chi connectivity index (χ3v) is 5.19. The highest BCUT2D eigenvalue weighted by Crippen LogP contribution is 2.40. The normalized spacial score (nSPS) is 18.3. The van der Waals surface area contributed by atoms with E-state index in [2.05, 4.69) is 4.99 Å². The maximum absolute atomic E-state index is 12.6. The van der Waals surface area contributed by atoms with Crippen molar-refractivity contribution in [2.24, 2.45) is 4.99 Å². The minimum atomic E-state index is -0.456. The van der Waals surface area contributed by atoms with Crippen LogP contribution in [0.1, 0.15) is 16.0 Å². The van der Waals surface area contributed by atoms with Crippen LogP contribution in [0.2, 0.25) is 0 Å². The molecule has 0 saturated carbocycles. The molecule has 2 aliphatic rings. The number of hydrogen-bond donors (Lipinski definition) is 0. The molecule has 4 nitrogen and oxygen atoms in total. The molecule has 3 aromatic rings. The van der Waals surface area contributed by atoms with Crippen molar-refractivity contribution in [1.82, 2.24) is 0 Å². The van der Waals surface area contributed by atoms with Gasteiger partial charge in [0, 0.05) is 16.7 Å². The van der Waals surface area contributed by atoms with E-state index in [1.807, 2.05) is 78.2 Å². The SMILES string of the molecule is O=C1OC(c2ccccc2)=N/C1=C1/C=C(c2cccs2)Oc2ccccc21. The molecule has 0 unspecified atom stereocenters. The van der Waals surface area contributed by atoms with Gasteiger partial charge >= 0.3 is 5.97 Å². The molecule has 2 aromatic carbocycles. The van der Waals surface area contributed by atoms with Gasteiger partial charge in [-0.3, -0.25) is 0 Å². The largest absolute Gasteiger partial charge is 0.455 e. The van der Waals surface area contributed by atoms with Crippen LogP contribution in [0, 0.1) is 0 Å². The first-order valence-corrected chi connectivity index (χ1v) is 9.31. The molecule has 5 heteroatoms. The highest BCUT2D eigenvalue weighted by Gasteiger charge is 2.30. The summed E-state index contributed by atoms with van der Waals surface area (Å²) in [6.07, 6.45) is 1.86. The van der Waals surface area contributed by atoms with Crippen LogP contribution >= 0.6 is 11.3 Å². The second kappa shape index (κ2) is 6.37. The number of allylic oxidation sites excluding steroid dienone is 2. The van der Waals surface area contributed by atoms with Crippen LogP contribution in [0.4, 0.5) is 0 Å². The summed E-state index contributed by atoms with van der Waals surface area (Å²) in [4.78, 5) is 18.1. The van der Waals surface area contributed by atoms with Gasteiger partial charge in [0.05, 0.1) is 4.88 Å². The zero-order valence-corrected chi connectivity index (χ0v) is 14.9. The molecular weight excluding hydrogens is 358 g/mol. The number of thiophene rings is 1. The monoisotopic (exact) mass is 371 g/mol. The number of fused-ring (bicyclic) bond motifs is 1. The maximum atomic E-state index is 12.6. The van der Waals surface area contributed by atoms with E-state index < -0.39 is 5.97 Å². The molecular formula is C22H13NO3S. The van der Waals surface area contributed by atoms with Gasteiger partial charge in [0.25, 0.3) is 0 Å².